The maximum atomic E-state index is 11.6. The summed E-state index contributed by atoms with van der Waals surface area (Å²) in [5.41, 5.74) is 4.35. The predicted octanol–water partition coefficient (Wildman–Crippen LogP) is 4.12. The highest BCUT2D eigenvalue weighted by Crippen LogP contribution is 2.42. The van der Waals surface area contributed by atoms with Crippen LogP contribution < -0.4 is 10.6 Å². The van der Waals surface area contributed by atoms with E-state index in [0.717, 1.165) is 28.1 Å². The molecule has 0 aliphatic carbocycles. The van der Waals surface area contributed by atoms with Crippen LogP contribution >= 0.6 is 0 Å². The molecule has 22 heavy (non-hydrogen) atoms. The third kappa shape index (κ3) is 3.87. The lowest BCUT2D eigenvalue weighted by Crippen LogP contribution is -2.23. The SMILES string of the molecule is CC(=O)Nc1c(C(C)(C)C)cc(C(C)(C)C)c(NC=O)c1C. The van der Waals surface area contributed by atoms with Crippen LogP contribution in [0.3, 0.4) is 0 Å². The van der Waals surface area contributed by atoms with E-state index in [1.165, 1.54) is 6.92 Å². The molecule has 1 aromatic carbocycles. The first kappa shape index (κ1) is 18.2. The molecule has 0 saturated heterocycles. The second-order valence-electron chi connectivity index (χ2n) is 7.79. The number of carbonyl (C=O) groups excluding carboxylic acids is 2. The standard InChI is InChI=1S/C18H28N2O2/c1-11-15(19-10-21)13(17(3,4)5)9-14(18(6,7)8)16(11)20-12(2)22/h9-10H,1-8H3,(H,19,21)(H,20,22). The van der Waals surface area contributed by atoms with Gasteiger partial charge in [-0.05, 0) is 34.4 Å². The molecule has 0 spiro atoms. The van der Waals surface area contributed by atoms with Gasteiger partial charge in [0.1, 0.15) is 0 Å². The van der Waals surface area contributed by atoms with E-state index in [1.54, 1.807) is 0 Å². The molecule has 1 rings (SSSR count). The summed E-state index contributed by atoms with van der Waals surface area (Å²) in [6.45, 7) is 16.1. The lowest BCUT2D eigenvalue weighted by atomic mass is 9.77. The summed E-state index contributed by atoms with van der Waals surface area (Å²) in [7, 11) is 0. The van der Waals surface area contributed by atoms with E-state index in [4.69, 9.17) is 0 Å². The van der Waals surface area contributed by atoms with Crippen LogP contribution in [0.4, 0.5) is 11.4 Å². The van der Waals surface area contributed by atoms with Gasteiger partial charge in [0.05, 0.1) is 0 Å². The predicted molar refractivity (Wildman–Crippen MR) is 92.6 cm³/mol. The van der Waals surface area contributed by atoms with Gasteiger partial charge in [-0.15, -0.1) is 0 Å². The fourth-order valence-electron chi connectivity index (χ4n) is 2.58. The van der Waals surface area contributed by atoms with Gasteiger partial charge in [-0.3, -0.25) is 9.59 Å². The average molecular weight is 304 g/mol. The summed E-state index contributed by atoms with van der Waals surface area (Å²) < 4.78 is 0. The maximum Gasteiger partial charge on any atom is 0.221 e. The van der Waals surface area contributed by atoms with E-state index in [0.29, 0.717) is 6.41 Å². The second-order valence-corrected chi connectivity index (χ2v) is 7.79. The molecule has 0 bridgehead atoms. The van der Waals surface area contributed by atoms with Crippen molar-refractivity contribution in [1.82, 2.24) is 0 Å². The van der Waals surface area contributed by atoms with E-state index in [2.05, 4.69) is 58.2 Å². The van der Waals surface area contributed by atoms with Crippen molar-refractivity contribution in [3.8, 4) is 0 Å². The fourth-order valence-corrected chi connectivity index (χ4v) is 2.58. The summed E-state index contributed by atoms with van der Waals surface area (Å²) in [5.74, 6) is -0.117. The van der Waals surface area contributed by atoms with Gasteiger partial charge in [-0.25, -0.2) is 0 Å². The highest BCUT2D eigenvalue weighted by molar-refractivity contribution is 5.93. The van der Waals surface area contributed by atoms with Crippen LogP contribution in [0.2, 0.25) is 0 Å². The van der Waals surface area contributed by atoms with Gasteiger partial charge in [0.2, 0.25) is 12.3 Å². The van der Waals surface area contributed by atoms with E-state index in [9.17, 15) is 9.59 Å². The molecule has 0 aromatic heterocycles. The fraction of sp³-hybridized carbons (Fsp3) is 0.556. The van der Waals surface area contributed by atoms with E-state index in [-0.39, 0.29) is 16.7 Å². The third-order valence-corrected chi connectivity index (χ3v) is 3.70. The molecule has 0 heterocycles. The summed E-state index contributed by atoms with van der Waals surface area (Å²) in [6.07, 6.45) is 0.686. The largest absolute Gasteiger partial charge is 0.328 e. The summed E-state index contributed by atoms with van der Waals surface area (Å²) >= 11 is 0. The van der Waals surface area contributed by atoms with Crippen LogP contribution in [0, 0.1) is 6.92 Å². The Labute approximate surface area is 133 Å². The Balaban J connectivity index is 3.80. The van der Waals surface area contributed by atoms with Crippen LogP contribution in [-0.4, -0.2) is 12.3 Å². The first-order valence-corrected chi connectivity index (χ1v) is 7.56. The number of anilines is 2. The minimum atomic E-state index is -0.123. The molecule has 1 aromatic rings. The normalized spacial score (nSPS) is 12.0. The molecule has 0 unspecified atom stereocenters. The van der Waals surface area contributed by atoms with Crippen molar-refractivity contribution < 1.29 is 9.59 Å². The van der Waals surface area contributed by atoms with Gasteiger partial charge < -0.3 is 10.6 Å². The number of hydrogen-bond donors (Lipinski definition) is 2. The number of rotatable bonds is 3. The zero-order valence-electron chi connectivity index (χ0n) is 15.0. The Hall–Kier alpha value is -1.84. The average Bonchev–Trinajstić information content (AvgIpc) is 2.30. The number of benzene rings is 1. The van der Waals surface area contributed by atoms with Crippen LogP contribution in [0.15, 0.2) is 6.07 Å². The van der Waals surface area contributed by atoms with Crippen LogP contribution in [0.25, 0.3) is 0 Å². The van der Waals surface area contributed by atoms with Gasteiger partial charge in [-0.1, -0.05) is 47.6 Å². The second kappa shape index (κ2) is 6.11. The first-order valence-electron chi connectivity index (χ1n) is 7.56. The molecule has 4 nitrogen and oxygen atoms in total. The lowest BCUT2D eigenvalue weighted by molar-refractivity contribution is -0.114. The Morgan fingerprint density at radius 2 is 1.45 bits per heavy atom. The highest BCUT2D eigenvalue weighted by atomic mass is 16.1. The van der Waals surface area contributed by atoms with E-state index < -0.39 is 0 Å². The molecule has 4 heteroatoms. The molecular formula is C18H28N2O2. The topological polar surface area (TPSA) is 58.2 Å². The van der Waals surface area contributed by atoms with Crippen molar-refractivity contribution in [3.05, 3.63) is 22.8 Å². The third-order valence-electron chi connectivity index (χ3n) is 3.70. The molecule has 122 valence electrons. The maximum absolute atomic E-state index is 11.6. The molecule has 2 N–H and O–H groups in total. The Morgan fingerprint density at radius 1 is 1.00 bits per heavy atom. The molecule has 0 saturated carbocycles. The van der Waals surface area contributed by atoms with Crippen molar-refractivity contribution in [1.29, 1.82) is 0 Å². The number of carbonyl (C=O) groups is 2. The van der Waals surface area contributed by atoms with Gasteiger partial charge in [0, 0.05) is 18.3 Å². The molecule has 0 atom stereocenters. The lowest BCUT2D eigenvalue weighted by Gasteiger charge is -2.31. The van der Waals surface area contributed by atoms with Crippen molar-refractivity contribution in [2.24, 2.45) is 0 Å². The summed E-state index contributed by atoms with van der Waals surface area (Å²) in [5, 5.41) is 5.74. The molecular weight excluding hydrogens is 276 g/mol. The summed E-state index contributed by atoms with van der Waals surface area (Å²) in [4.78, 5) is 22.6. The number of hydrogen-bond acceptors (Lipinski definition) is 2. The Bertz CT molecular complexity index is 591. The van der Waals surface area contributed by atoms with Gasteiger partial charge in [-0.2, -0.15) is 0 Å². The zero-order valence-corrected chi connectivity index (χ0v) is 15.0. The minimum Gasteiger partial charge on any atom is -0.328 e. The van der Waals surface area contributed by atoms with Crippen molar-refractivity contribution in [2.75, 3.05) is 10.6 Å². The quantitative estimate of drug-likeness (QED) is 0.825. The number of nitrogens with one attached hydrogen (secondary N) is 2. The van der Waals surface area contributed by atoms with Gasteiger partial charge in [0.15, 0.2) is 0 Å². The first-order chi connectivity index (χ1) is 9.89. The molecule has 0 fully saturated rings. The van der Waals surface area contributed by atoms with Crippen molar-refractivity contribution in [3.63, 3.8) is 0 Å². The molecule has 0 aliphatic rings. The van der Waals surface area contributed by atoms with Crippen LogP contribution in [-0.2, 0) is 20.4 Å². The zero-order chi connectivity index (χ0) is 17.3. The Morgan fingerprint density at radius 3 is 1.82 bits per heavy atom. The summed E-state index contributed by atoms with van der Waals surface area (Å²) in [6, 6.07) is 2.10. The van der Waals surface area contributed by atoms with Crippen molar-refractivity contribution >= 4 is 23.7 Å². The molecule has 0 aliphatic heterocycles. The van der Waals surface area contributed by atoms with Crippen molar-refractivity contribution in [2.45, 2.75) is 66.2 Å². The number of amides is 2. The van der Waals surface area contributed by atoms with Gasteiger partial charge in [0.25, 0.3) is 0 Å². The molecule has 0 radical (unpaired) electrons. The van der Waals surface area contributed by atoms with Crippen LogP contribution in [0.1, 0.15) is 65.2 Å². The molecule has 2 amide bonds. The Kier molecular flexibility index (Phi) is 5.06. The smallest absolute Gasteiger partial charge is 0.221 e. The van der Waals surface area contributed by atoms with E-state index >= 15 is 0 Å². The van der Waals surface area contributed by atoms with Gasteiger partial charge >= 0.3 is 0 Å². The monoisotopic (exact) mass is 304 g/mol. The van der Waals surface area contributed by atoms with Crippen LogP contribution in [0.5, 0.6) is 0 Å². The minimum absolute atomic E-state index is 0.117. The highest BCUT2D eigenvalue weighted by Gasteiger charge is 2.28. The van der Waals surface area contributed by atoms with E-state index in [1.807, 2.05) is 6.92 Å².